The van der Waals surface area contributed by atoms with Crippen LogP contribution in [0.2, 0.25) is 0 Å². The van der Waals surface area contributed by atoms with E-state index in [1.54, 1.807) is 30.3 Å². The van der Waals surface area contributed by atoms with Gasteiger partial charge < -0.3 is 19.9 Å². The molecule has 3 aliphatic rings. The lowest BCUT2D eigenvalue weighted by atomic mass is 9.97. The minimum Gasteiger partial charge on any atom is -0.494 e. The summed E-state index contributed by atoms with van der Waals surface area (Å²) in [7, 11) is -1.88. The van der Waals surface area contributed by atoms with E-state index in [-0.39, 0.29) is 16.6 Å². The quantitative estimate of drug-likeness (QED) is 0.534. The van der Waals surface area contributed by atoms with Gasteiger partial charge in [-0.3, -0.25) is 9.69 Å². The van der Waals surface area contributed by atoms with Gasteiger partial charge in [0, 0.05) is 51.0 Å². The second kappa shape index (κ2) is 11.1. The zero-order chi connectivity index (χ0) is 27.7. The molecule has 0 aliphatic carbocycles. The van der Waals surface area contributed by atoms with Crippen LogP contribution in [0.25, 0.3) is 0 Å². The number of sulfonamides is 1. The first-order chi connectivity index (χ1) is 18.7. The maximum atomic E-state index is 13.7. The molecule has 0 spiro atoms. The van der Waals surface area contributed by atoms with Gasteiger partial charge in [0.25, 0.3) is 5.91 Å². The topological polar surface area (TPSA) is 85.4 Å². The summed E-state index contributed by atoms with van der Waals surface area (Å²) in [5.74, 6) is 0.110. The van der Waals surface area contributed by atoms with Crippen LogP contribution in [0.3, 0.4) is 0 Å². The summed E-state index contributed by atoms with van der Waals surface area (Å²) in [5.41, 5.74) is 3.10. The molecule has 5 rings (SSSR count). The maximum absolute atomic E-state index is 13.7. The summed E-state index contributed by atoms with van der Waals surface area (Å²) in [5, 5.41) is 3.09. The molecule has 1 saturated heterocycles. The van der Waals surface area contributed by atoms with E-state index in [0.29, 0.717) is 63.0 Å². The number of carbonyl (C=O) groups is 1. The van der Waals surface area contributed by atoms with Gasteiger partial charge in [0.1, 0.15) is 17.3 Å². The Morgan fingerprint density at radius 1 is 1.05 bits per heavy atom. The first-order valence-corrected chi connectivity index (χ1v) is 14.9. The zero-order valence-corrected chi connectivity index (χ0v) is 23.5. The molecular weight excluding hydrogens is 521 g/mol. The van der Waals surface area contributed by atoms with Gasteiger partial charge in [-0.25, -0.2) is 12.8 Å². The lowest BCUT2D eigenvalue weighted by Gasteiger charge is -2.36. The smallest absolute Gasteiger partial charge is 0.268 e. The number of ether oxygens (including phenoxy) is 1. The van der Waals surface area contributed by atoms with Crippen molar-refractivity contribution in [1.29, 1.82) is 0 Å². The van der Waals surface area contributed by atoms with Crippen molar-refractivity contribution in [2.24, 2.45) is 0 Å². The standard InChI is InChI=1S/C28H36FN5O4S/c1-4-12-32-18-24-26(30-28(35)27(24)31(3)19-32)23-17-22(10-11-25(23)38-5-2)39(36,37)34-15-13-33(14-16-34)21-8-6-20(29)7-9-21/h6-11,17,26H,4-5,12-16,18-19H2,1-3H3,(H,30,35). The van der Waals surface area contributed by atoms with Crippen molar-refractivity contribution < 1.29 is 22.3 Å². The fourth-order valence-electron chi connectivity index (χ4n) is 5.73. The molecule has 1 unspecified atom stereocenters. The number of halogens is 1. The number of anilines is 1. The second-order valence-corrected chi connectivity index (χ2v) is 12.1. The molecule has 2 aromatic carbocycles. The molecule has 1 atom stereocenters. The van der Waals surface area contributed by atoms with Crippen LogP contribution < -0.4 is 15.0 Å². The van der Waals surface area contributed by atoms with Crippen LogP contribution in [-0.2, 0) is 14.8 Å². The average molecular weight is 558 g/mol. The van der Waals surface area contributed by atoms with Crippen molar-refractivity contribution in [1.82, 2.24) is 19.4 Å². The fraction of sp³-hybridized carbons (Fsp3) is 0.464. The van der Waals surface area contributed by atoms with Crippen LogP contribution in [0.1, 0.15) is 31.9 Å². The van der Waals surface area contributed by atoms with E-state index < -0.39 is 16.1 Å². The monoisotopic (exact) mass is 557 g/mol. The van der Waals surface area contributed by atoms with Crippen molar-refractivity contribution in [3.63, 3.8) is 0 Å². The number of amides is 1. The molecule has 0 radical (unpaired) electrons. The third kappa shape index (κ3) is 5.35. The van der Waals surface area contributed by atoms with Gasteiger partial charge in [-0.2, -0.15) is 4.31 Å². The Hall–Kier alpha value is -3.15. The number of nitrogens with one attached hydrogen (secondary N) is 1. The predicted molar refractivity (Wildman–Crippen MR) is 147 cm³/mol. The average Bonchev–Trinajstić information content (AvgIpc) is 3.26. The van der Waals surface area contributed by atoms with E-state index >= 15 is 0 Å². The molecular formula is C28H36FN5O4S. The molecule has 210 valence electrons. The van der Waals surface area contributed by atoms with Crippen LogP contribution in [0.15, 0.2) is 58.6 Å². The molecule has 1 fully saturated rings. The van der Waals surface area contributed by atoms with Gasteiger partial charge in [0.2, 0.25) is 10.0 Å². The molecule has 39 heavy (non-hydrogen) atoms. The van der Waals surface area contributed by atoms with E-state index in [9.17, 15) is 17.6 Å². The number of carbonyl (C=O) groups excluding carboxylic acids is 1. The third-order valence-electron chi connectivity index (χ3n) is 7.53. The summed E-state index contributed by atoms with van der Waals surface area (Å²) in [6, 6.07) is 10.7. The number of piperazine rings is 1. The number of likely N-dealkylation sites (N-methyl/N-ethyl adjacent to an activating group) is 1. The van der Waals surface area contributed by atoms with E-state index in [4.69, 9.17) is 4.74 Å². The van der Waals surface area contributed by atoms with Crippen LogP contribution in [-0.4, -0.2) is 88.0 Å². The van der Waals surface area contributed by atoms with Crippen LogP contribution >= 0.6 is 0 Å². The molecule has 9 nitrogen and oxygen atoms in total. The molecule has 3 aliphatic heterocycles. The Kier molecular flexibility index (Phi) is 7.84. The van der Waals surface area contributed by atoms with Crippen molar-refractivity contribution >= 4 is 21.6 Å². The van der Waals surface area contributed by atoms with E-state index in [1.165, 1.54) is 16.4 Å². The van der Waals surface area contributed by atoms with Gasteiger partial charge in [-0.1, -0.05) is 6.92 Å². The summed E-state index contributed by atoms with van der Waals surface area (Å²) >= 11 is 0. The van der Waals surface area contributed by atoms with Gasteiger partial charge in [0.15, 0.2) is 0 Å². The van der Waals surface area contributed by atoms with Crippen LogP contribution in [0.4, 0.5) is 10.1 Å². The molecule has 1 amide bonds. The van der Waals surface area contributed by atoms with Gasteiger partial charge >= 0.3 is 0 Å². The number of hydrogen-bond donors (Lipinski definition) is 1. The molecule has 1 N–H and O–H groups in total. The SMILES string of the molecule is CCCN1CC2=C(C(=O)NC2c2cc(S(=O)(=O)N3CCN(c4ccc(F)cc4)CC3)ccc2OCC)N(C)C1. The van der Waals surface area contributed by atoms with Gasteiger partial charge in [-0.05, 0) is 67.9 Å². The Bertz CT molecular complexity index is 1360. The van der Waals surface area contributed by atoms with E-state index in [2.05, 4.69) is 22.0 Å². The van der Waals surface area contributed by atoms with Crippen LogP contribution in [0, 0.1) is 5.82 Å². The Labute approximate surface area is 229 Å². The number of benzene rings is 2. The normalized spacial score (nSPS) is 20.8. The molecule has 0 aromatic heterocycles. The fourth-order valence-corrected chi connectivity index (χ4v) is 7.19. The minimum atomic E-state index is -3.79. The number of rotatable bonds is 8. The molecule has 11 heteroatoms. The molecule has 0 saturated carbocycles. The maximum Gasteiger partial charge on any atom is 0.268 e. The van der Waals surface area contributed by atoms with Crippen LogP contribution in [0.5, 0.6) is 5.75 Å². The number of hydrogen-bond acceptors (Lipinski definition) is 7. The highest BCUT2D eigenvalue weighted by Gasteiger charge is 2.40. The Morgan fingerprint density at radius 3 is 2.44 bits per heavy atom. The summed E-state index contributed by atoms with van der Waals surface area (Å²) in [4.78, 5) is 19.5. The van der Waals surface area contributed by atoms with E-state index in [1.807, 2.05) is 18.9 Å². The second-order valence-electron chi connectivity index (χ2n) is 10.2. The van der Waals surface area contributed by atoms with Gasteiger partial charge in [0.05, 0.1) is 24.2 Å². The summed E-state index contributed by atoms with van der Waals surface area (Å²) in [6.45, 7) is 8.26. The predicted octanol–water partition coefficient (Wildman–Crippen LogP) is 2.78. The van der Waals surface area contributed by atoms with Gasteiger partial charge in [-0.15, -0.1) is 0 Å². The first-order valence-electron chi connectivity index (χ1n) is 13.5. The van der Waals surface area contributed by atoms with Crippen molar-refractivity contribution in [3.05, 3.63) is 65.1 Å². The largest absolute Gasteiger partial charge is 0.494 e. The lowest BCUT2D eigenvalue weighted by Crippen LogP contribution is -2.48. The summed E-state index contributed by atoms with van der Waals surface area (Å²) in [6.07, 6.45) is 0.995. The summed E-state index contributed by atoms with van der Waals surface area (Å²) < 4.78 is 48.2. The molecule has 2 aromatic rings. The third-order valence-corrected chi connectivity index (χ3v) is 9.43. The minimum absolute atomic E-state index is 0.152. The van der Waals surface area contributed by atoms with Crippen molar-refractivity contribution in [2.45, 2.75) is 31.2 Å². The molecule has 3 heterocycles. The highest BCUT2D eigenvalue weighted by molar-refractivity contribution is 7.89. The zero-order valence-electron chi connectivity index (χ0n) is 22.7. The Morgan fingerprint density at radius 2 is 1.77 bits per heavy atom. The highest BCUT2D eigenvalue weighted by Crippen LogP contribution is 2.40. The number of nitrogens with zero attached hydrogens (tertiary/aromatic N) is 4. The Balaban J connectivity index is 1.42. The van der Waals surface area contributed by atoms with Crippen molar-refractivity contribution in [2.75, 3.05) is 64.5 Å². The molecule has 0 bridgehead atoms. The lowest BCUT2D eigenvalue weighted by molar-refractivity contribution is -0.118. The van der Waals surface area contributed by atoms with E-state index in [0.717, 1.165) is 24.2 Å². The van der Waals surface area contributed by atoms with Crippen molar-refractivity contribution in [3.8, 4) is 5.75 Å². The first kappa shape index (κ1) is 27.4. The highest BCUT2D eigenvalue weighted by atomic mass is 32.2.